The van der Waals surface area contributed by atoms with Crippen molar-refractivity contribution in [2.45, 2.75) is 231 Å². The predicted molar refractivity (Wildman–Crippen MR) is 184 cm³/mol. The van der Waals surface area contributed by atoms with E-state index >= 15 is 0 Å². The second-order valence-corrected chi connectivity index (χ2v) is 13.4. The van der Waals surface area contributed by atoms with E-state index in [1.165, 1.54) is 205 Å². The van der Waals surface area contributed by atoms with E-state index in [9.17, 15) is 10.2 Å². The highest BCUT2D eigenvalue weighted by molar-refractivity contribution is 4.70. The van der Waals surface area contributed by atoms with Crippen molar-refractivity contribution in [1.82, 2.24) is 5.32 Å². The van der Waals surface area contributed by atoms with Gasteiger partial charge in [0.05, 0.1) is 12.7 Å². The fourth-order valence-electron chi connectivity index (χ4n) is 6.24. The summed E-state index contributed by atoms with van der Waals surface area (Å²) >= 11 is 0. The molecule has 0 rings (SSSR count). The molecule has 0 aliphatic rings. The highest BCUT2D eigenvalue weighted by atomic mass is 16.3. The van der Waals surface area contributed by atoms with Gasteiger partial charge < -0.3 is 15.5 Å². The van der Waals surface area contributed by atoms with Gasteiger partial charge in [-0.3, -0.25) is 0 Å². The monoisotopic (exact) mass is 582 g/mol. The fourth-order valence-corrected chi connectivity index (χ4v) is 6.24. The van der Waals surface area contributed by atoms with Gasteiger partial charge in [-0.2, -0.15) is 0 Å². The molecule has 1 unspecified atom stereocenters. The lowest BCUT2D eigenvalue weighted by Crippen LogP contribution is -2.37. The van der Waals surface area contributed by atoms with Gasteiger partial charge in [0.1, 0.15) is 0 Å². The summed E-state index contributed by atoms with van der Waals surface area (Å²) in [4.78, 5) is 0. The summed E-state index contributed by atoms with van der Waals surface area (Å²) in [6.07, 6.45) is 44.1. The summed E-state index contributed by atoms with van der Waals surface area (Å²) < 4.78 is 0. The van der Waals surface area contributed by atoms with Crippen LogP contribution in [0.4, 0.5) is 0 Å². The van der Waals surface area contributed by atoms with Crippen molar-refractivity contribution in [2.75, 3.05) is 13.2 Å². The van der Waals surface area contributed by atoms with Crippen LogP contribution >= 0.6 is 0 Å². The van der Waals surface area contributed by atoms with Gasteiger partial charge in [0, 0.05) is 12.6 Å². The number of rotatable bonds is 36. The molecule has 0 radical (unpaired) electrons. The van der Waals surface area contributed by atoms with E-state index in [0.717, 1.165) is 0 Å². The zero-order valence-corrected chi connectivity index (χ0v) is 28.6. The van der Waals surface area contributed by atoms with Crippen LogP contribution < -0.4 is 5.32 Å². The quantitative estimate of drug-likeness (QED) is 0.0645. The summed E-state index contributed by atoms with van der Waals surface area (Å²) in [5, 5.41) is 22.6. The second-order valence-electron chi connectivity index (χ2n) is 13.4. The molecule has 1 atom stereocenters. The van der Waals surface area contributed by atoms with Crippen LogP contribution in [0.3, 0.4) is 0 Å². The summed E-state index contributed by atoms with van der Waals surface area (Å²) in [6.45, 7) is 4.98. The maximum atomic E-state index is 9.80. The lowest BCUT2D eigenvalue weighted by atomic mass is 9.99. The molecule has 0 aliphatic carbocycles. The largest absolute Gasteiger partial charge is 0.394 e. The molecule has 0 spiro atoms. The Balaban J connectivity index is 3.64. The minimum absolute atomic E-state index is 0.141. The number of unbranched alkanes of at least 4 members (excludes halogenated alkanes) is 28. The predicted octanol–water partition coefficient (Wildman–Crippen LogP) is 11.8. The molecular formula is C38H79NO2. The van der Waals surface area contributed by atoms with Crippen LogP contribution in [0, 0.1) is 0 Å². The zero-order chi connectivity index (χ0) is 29.9. The van der Waals surface area contributed by atoms with Crippen molar-refractivity contribution in [3.05, 3.63) is 0 Å². The van der Waals surface area contributed by atoms with Crippen molar-refractivity contribution in [3.8, 4) is 0 Å². The number of aliphatic hydroxyl groups excluding tert-OH is 2. The smallest absolute Gasteiger partial charge is 0.0895 e. The highest BCUT2D eigenvalue weighted by Crippen LogP contribution is 2.17. The third-order valence-electron chi connectivity index (χ3n) is 9.17. The Morgan fingerprint density at radius 3 is 0.878 bits per heavy atom. The molecule has 3 nitrogen and oxygen atoms in total. The van der Waals surface area contributed by atoms with Crippen LogP contribution in [0.5, 0.6) is 0 Å². The normalized spacial score (nSPS) is 12.5. The fraction of sp³-hybridized carbons (Fsp3) is 1.00. The van der Waals surface area contributed by atoms with Gasteiger partial charge in [0.25, 0.3) is 0 Å². The molecule has 0 aliphatic heterocycles. The highest BCUT2D eigenvalue weighted by Gasteiger charge is 2.10. The molecule has 0 saturated heterocycles. The Hall–Kier alpha value is -0.120. The molecule has 3 N–H and O–H groups in total. The van der Waals surface area contributed by atoms with Crippen molar-refractivity contribution < 1.29 is 10.2 Å². The van der Waals surface area contributed by atoms with Crippen LogP contribution in [0.2, 0.25) is 0 Å². The Labute approximate surface area is 259 Å². The van der Waals surface area contributed by atoms with Crippen molar-refractivity contribution in [1.29, 1.82) is 0 Å². The summed E-state index contributed by atoms with van der Waals surface area (Å²) in [5.41, 5.74) is 0. The first-order valence-corrected chi connectivity index (χ1v) is 19.3. The van der Waals surface area contributed by atoms with Gasteiger partial charge in [-0.15, -0.1) is 0 Å². The Morgan fingerprint density at radius 2 is 0.634 bits per heavy atom. The number of nitrogens with one attached hydrogen (secondary N) is 1. The van der Waals surface area contributed by atoms with E-state index in [-0.39, 0.29) is 6.61 Å². The van der Waals surface area contributed by atoms with Gasteiger partial charge in [0.2, 0.25) is 0 Å². The lowest BCUT2D eigenvalue weighted by Gasteiger charge is -2.20. The first kappa shape index (κ1) is 40.9. The molecule has 0 bridgehead atoms. The minimum Gasteiger partial charge on any atom is -0.394 e. The second kappa shape index (κ2) is 36.1. The molecule has 0 aromatic carbocycles. The maximum absolute atomic E-state index is 9.80. The zero-order valence-electron chi connectivity index (χ0n) is 28.6. The van der Waals surface area contributed by atoms with Gasteiger partial charge >= 0.3 is 0 Å². The summed E-state index contributed by atoms with van der Waals surface area (Å²) in [7, 11) is 0. The molecule has 0 aromatic rings. The van der Waals surface area contributed by atoms with Crippen LogP contribution in [0.25, 0.3) is 0 Å². The van der Waals surface area contributed by atoms with Gasteiger partial charge in [0.15, 0.2) is 0 Å². The average Bonchev–Trinajstić information content (AvgIpc) is 2.99. The Kier molecular flexibility index (Phi) is 36.0. The third kappa shape index (κ3) is 34.2. The standard InChI is InChI=1S/C38H79NO2/c1-3-5-7-9-11-13-15-17-19-21-23-25-27-29-31-33-37(39-35-38(41)36-40)34-32-30-28-26-24-22-20-18-16-14-12-10-8-6-4-2/h37-41H,3-36H2,1-2H3. The van der Waals surface area contributed by atoms with Gasteiger partial charge in [-0.25, -0.2) is 0 Å². The number of hydrogen-bond acceptors (Lipinski definition) is 3. The van der Waals surface area contributed by atoms with Crippen molar-refractivity contribution in [3.63, 3.8) is 0 Å². The van der Waals surface area contributed by atoms with E-state index in [1.54, 1.807) is 0 Å². The lowest BCUT2D eigenvalue weighted by molar-refractivity contribution is 0.0910. The molecule has 0 amide bonds. The van der Waals surface area contributed by atoms with Crippen molar-refractivity contribution in [2.24, 2.45) is 0 Å². The maximum Gasteiger partial charge on any atom is 0.0895 e. The molecular weight excluding hydrogens is 502 g/mol. The molecule has 3 heteroatoms. The Bertz CT molecular complexity index is 424. The average molecular weight is 582 g/mol. The van der Waals surface area contributed by atoms with E-state index in [2.05, 4.69) is 19.2 Å². The van der Waals surface area contributed by atoms with Gasteiger partial charge in [-0.1, -0.05) is 206 Å². The van der Waals surface area contributed by atoms with Crippen LogP contribution in [0.1, 0.15) is 219 Å². The summed E-state index contributed by atoms with van der Waals surface area (Å²) in [5.74, 6) is 0. The van der Waals surface area contributed by atoms with E-state index in [1.807, 2.05) is 0 Å². The van der Waals surface area contributed by atoms with Crippen LogP contribution in [-0.2, 0) is 0 Å². The van der Waals surface area contributed by atoms with Crippen molar-refractivity contribution >= 4 is 0 Å². The molecule has 41 heavy (non-hydrogen) atoms. The van der Waals surface area contributed by atoms with E-state index in [0.29, 0.717) is 12.6 Å². The third-order valence-corrected chi connectivity index (χ3v) is 9.17. The minimum atomic E-state index is -0.625. The number of aliphatic hydroxyl groups is 2. The summed E-state index contributed by atoms with van der Waals surface area (Å²) in [6, 6.07) is 0.500. The van der Waals surface area contributed by atoms with Crippen LogP contribution in [-0.4, -0.2) is 35.5 Å². The topological polar surface area (TPSA) is 52.5 Å². The number of hydrogen-bond donors (Lipinski definition) is 3. The molecule has 0 aromatic heterocycles. The van der Waals surface area contributed by atoms with Crippen LogP contribution in [0.15, 0.2) is 0 Å². The molecule has 0 saturated carbocycles. The van der Waals surface area contributed by atoms with E-state index < -0.39 is 6.10 Å². The first-order chi connectivity index (χ1) is 20.2. The Morgan fingerprint density at radius 1 is 0.390 bits per heavy atom. The molecule has 248 valence electrons. The molecule has 0 fully saturated rings. The molecule has 0 heterocycles. The first-order valence-electron chi connectivity index (χ1n) is 19.3. The van der Waals surface area contributed by atoms with Gasteiger partial charge in [-0.05, 0) is 12.8 Å². The van der Waals surface area contributed by atoms with E-state index in [4.69, 9.17) is 0 Å². The SMILES string of the molecule is CCCCCCCCCCCCCCCCCC(CCCCCCCCCCCCCCCCC)NCC(O)CO.